The van der Waals surface area contributed by atoms with Gasteiger partial charge in [-0.25, -0.2) is 9.18 Å². The zero-order chi connectivity index (χ0) is 27.1. The number of carbonyl (C=O) groups is 2. The van der Waals surface area contributed by atoms with Crippen molar-refractivity contribution < 1.29 is 14.0 Å². The minimum Gasteiger partial charge on any atom is -0.352 e. The van der Waals surface area contributed by atoms with Crippen molar-refractivity contribution in [2.75, 3.05) is 5.32 Å². The number of anilines is 1. The Balaban J connectivity index is 1.43. The summed E-state index contributed by atoms with van der Waals surface area (Å²) in [5.41, 5.74) is 0.301. The molecule has 1 aromatic heterocycles. The third kappa shape index (κ3) is 6.54. The van der Waals surface area contributed by atoms with Crippen LogP contribution in [0.4, 0.5) is 10.1 Å². The van der Waals surface area contributed by atoms with Crippen LogP contribution in [0.25, 0.3) is 10.9 Å². The Bertz CT molecular complexity index is 1600. The number of nitrogens with one attached hydrogen (secondary N) is 2. The number of benzene rings is 3. The minimum atomic E-state index is -0.633. The second-order valence-electron chi connectivity index (χ2n) is 8.73. The molecule has 0 unspecified atom stereocenters. The van der Waals surface area contributed by atoms with Crippen molar-refractivity contribution in [2.45, 2.75) is 38.9 Å². The van der Waals surface area contributed by atoms with Gasteiger partial charge < -0.3 is 10.6 Å². The van der Waals surface area contributed by atoms with Crippen LogP contribution in [-0.2, 0) is 29.2 Å². The standard InChI is InChI=1S/C28H26ClFN4O4/c29-23-12-3-1-8-19(23)17-31-25(35)14-5-6-15-33-27(37)22-11-2-4-13-24(22)34(28(33)38)18-26(36)32-21-10-7-9-20(30)16-21/h1-4,7-13,16H,5-6,14-15,17-18H2,(H,31,35)(H,32,36). The Kier molecular flexibility index (Phi) is 8.70. The molecule has 0 aliphatic carbocycles. The van der Waals surface area contributed by atoms with Crippen LogP contribution in [-0.4, -0.2) is 20.9 Å². The SMILES string of the molecule is O=C(CCCCn1c(=O)c2ccccc2n(CC(=O)Nc2cccc(F)c2)c1=O)NCc1ccccc1Cl. The molecule has 0 fully saturated rings. The van der Waals surface area contributed by atoms with Gasteiger partial charge in [0.15, 0.2) is 0 Å². The highest BCUT2D eigenvalue weighted by Crippen LogP contribution is 2.15. The number of fused-ring (bicyclic) bond motifs is 1. The van der Waals surface area contributed by atoms with Crippen LogP contribution in [0.1, 0.15) is 24.8 Å². The molecule has 3 aromatic carbocycles. The van der Waals surface area contributed by atoms with Crippen molar-refractivity contribution in [1.29, 1.82) is 0 Å². The number of unbranched alkanes of at least 4 members (excludes halogenated alkanes) is 1. The summed E-state index contributed by atoms with van der Waals surface area (Å²) in [5, 5.41) is 6.25. The van der Waals surface area contributed by atoms with Gasteiger partial charge in [0, 0.05) is 30.2 Å². The summed E-state index contributed by atoms with van der Waals surface area (Å²) < 4.78 is 15.8. The van der Waals surface area contributed by atoms with E-state index in [9.17, 15) is 23.6 Å². The van der Waals surface area contributed by atoms with Gasteiger partial charge in [-0.15, -0.1) is 0 Å². The van der Waals surface area contributed by atoms with E-state index in [1.807, 2.05) is 18.2 Å². The highest BCUT2D eigenvalue weighted by atomic mass is 35.5. The van der Waals surface area contributed by atoms with Crippen molar-refractivity contribution in [1.82, 2.24) is 14.5 Å². The lowest BCUT2D eigenvalue weighted by Crippen LogP contribution is -2.41. The molecule has 0 spiro atoms. The quantitative estimate of drug-likeness (QED) is 0.298. The largest absolute Gasteiger partial charge is 0.352 e. The molecule has 2 amide bonds. The average molecular weight is 537 g/mol. The zero-order valence-electron chi connectivity index (χ0n) is 20.5. The molecule has 4 aromatic rings. The van der Waals surface area contributed by atoms with Gasteiger partial charge in [-0.05, 0) is 54.8 Å². The van der Waals surface area contributed by atoms with Gasteiger partial charge in [-0.2, -0.15) is 0 Å². The predicted octanol–water partition coefficient (Wildman–Crippen LogP) is 4.08. The van der Waals surface area contributed by atoms with Crippen LogP contribution in [0, 0.1) is 5.82 Å². The number of hydrogen-bond acceptors (Lipinski definition) is 4. The first-order valence-electron chi connectivity index (χ1n) is 12.1. The Hall–Kier alpha value is -4.24. The summed E-state index contributed by atoms with van der Waals surface area (Å²) in [6.07, 6.45) is 1.08. The maximum Gasteiger partial charge on any atom is 0.331 e. The molecule has 1 heterocycles. The number of rotatable bonds is 10. The van der Waals surface area contributed by atoms with Crippen LogP contribution in [0.15, 0.2) is 82.4 Å². The Morgan fingerprint density at radius 3 is 2.42 bits per heavy atom. The van der Waals surface area contributed by atoms with Crippen molar-refractivity contribution in [3.8, 4) is 0 Å². The molecule has 10 heteroatoms. The molecule has 4 rings (SSSR count). The maximum absolute atomic E-state index is 13.5. The third-order valence-corrected chi connectivity index (χ3v) is 6.38. The fourth-order valence-electron chi connectivity index (χ4n) is 4.11. The Labute approximate surface area is 222 Å². The van der Waals surface area contributed by atoms with E-state index in [1.165, 1.54) is 28.8 Å². The molecule has 0 aliphatic rings. The number of carbonyl (C=O) groups excluding carboxylic acids is 2. The van der Waals surface area contributed by atoms with Crippen molar-refractivity contribution in [3.05, 3.63) is 110 Å². The molecule has 0 atom stereocenters. The van der Waals surface area contributed by atoms with Crippen LogP contribution in [0.3, 0.4) is 0 Å². The monoisotopic (exact) mass is 536 g/mol. The van der Waals surface area contributed by atoms with Gasteiger partial charge in [0.2, 0.25) is 11.8 Å². The Morgan fingerprint density at radius 1 is 0.868 bits per heavy atom. The molecular weight excluding hydrogens is 511 g/mol. The summed E-state index contributed by atoms with van der Waals surface area (Å²) in [6, 6.07) is 19.2. The van der Waals surface area contributed by atoms with E-state index >= 15 is 0 Å². The molecule has 0 radical (unpaired) electrons. The van der Waals surface area contributed by atoms with Gasteiger partial charge in [0.1, 0.15) is 12.4 Å². The van der Waals surface area contributed by atoms with Crippen LogP contribution in [0.5, 0.6) is 0 Å². The number of amides is 2. The summed E-state index contributed by atoms with van der Waals surface area (Å²) in [6.45, 7) is 0.0391. The summed E-state index contributed by atoms with van der Waals surface area (Å²) in [4.78, 5) is 51.2. The lowest BCUT2D eigenvalue weighted by atomic mass is 10.2. The normalized spacial score (nSPS) is 10.9. The van der Waals surface area contributed by atoms with Crippen molar-refractivity contribution in [3.63, 3.8) is 0 Å². The fourth-order valence-corrected chi connectivity index (χ4v) is 4.31. The second-order valence-corrected chi connectivity index (χ2v) is 9.13. The average Bonchev–Trinajstić information content (AvgIpc) is 2.90. The number of aromatic nitrogens is 2. The summed E-state index contributed by atoms with van der Waals surface area (Å²) in [5.74, 6) is -1.21. The zero-order valence-corrected chi connectivity index (χ0v) is 21.2. The number of hydrogen-bond donors (Lipinski definition) is 2. The number of nitrogens with zero attached hydrogens (tertiary/aromatic N) is 2. The predicted molar refractivity (Wildman–Crippen MR) is 145 cm³/mol. The van der Waals surface area contributed by atoms with Gasteiger partial charge in [-0.1, -0.05) is 48.0 Å². The van der Waals surface area contributed by atoms with Crippen LogP contribution in [0.2, 0.25) is 5.02 Å². The minimum absolute atomic E-state index is 0.0891. The maximum atomic E-state index is 13.5. The molecule has 2 N–H and O–H groups in total. The van der Waals surface area contributed by atoms with E-state index in [2.05, 4.69) is 10.6 Å². The van der Waals surface area contributed by atoms with E-state index < -0.39 is 23.0 Å². The fraction of sp³-hybridized carbons (Fsp3) is 0.214. The lowest BCUT2D eigenvalue weighted by molar-refractivity contribution is -0.121. The van der Waals surface area contributed by atoms with E-state index in [-0.39, 0.29) is 31.1 Å². The number of para-hydroxylation sites is 1. The van der Waals surface area contributed by atoms with Crippen LogP contribution >= 0.6 is 11.6 Å². The molecule has 196 valence electrons. The smallest absolute Gasteiger partial charge is 0.331 e. The van der Waals surface area contributed by atoms with Gasteiger partial charge >= 0.3 is 5.69 Å². The molecular formula is C28H26ClFN4O4. The highest BCUT2D eigenvalue weighted by Gasteiger charge is 2.16. The first-order valence-corrected chi connectivity index (χ1v) is 12.5. The second kappa shape index (κ2) is 12.3. The molecule has 8 nitrogen and oxygen atoms in total. The molecule has 0 saturated heterocycles. The summed E-state index contributed by atoms with van der Waals surface area (Å²) >= 11 is 6.11. The van der Waals surface area contributed by atoms with Crippen LogP contribution < -0.4 is 21.9 Å². The van der Waals surface area contributed by atoms with Crippen molar-refractivity contribution in [2.24, 2.45) is 0 Å². The summed E-state index contributed by atoms with van der Waals surface area (Å²) in [7, 11) is 0. The molecule has 0 aliphatic heterocycles. The molecule has 0 saturated carbocycles. The van der Waals surface area contributed by atoms with E-state index in [0.29, 0.717) is 35.3 Å². The van der Waals surface area contributed by atoms with E-state index in [1.54, 1.807) is 30.3 Å². The topological polar surface area (TPSA) is 102 Å². The van der Waals surface area contributed by atoms with Gasteiger partial charge in [-0.3, -0.25) is 23.5 Å². The highest BCUT2D eigenvalue weighted by molar-refractivity contribution is 6.31. The molecule has 38 heavy (non-hydrogen) atoms. The van der Waals surface area contributed by atoms with Gasteiger partial charge in [0.05, 0.1) is 10.9 Å². The first kappa shape index (κ1) is 26.8. The number of halogens is 2. The van der Waals surface area contributed by atoms with E-state index in [4.69, 9.17) is 11.6 Å². The molecule has 0 bridgehead atoms. The lowest BCUT2D eigenvalue weighted by Gasteiger charge is -2.14. The first-order chi connectivity index (χ1) is 18.3. The Morgan fingerprint density at radius 2 is 1.63 bits per heavy atom. The van der Waals surface area contributed by atoms with Crippen molar-refractivity contribution >= 4 is 40.0 Å². The van der Waals surface area contributed by atoms with Gasteiger partial charge in [0.25, 0.3) is 5.56 Å². The van der Waals surface area contributed by atoms with E-state index in [0.717, 1.165) is 10.1 Å². The third-order valence-electron chi connectivity index (χ3n) is 6.01.